The van der Waals surface area contributed by atoms with Gasteiger partial charge in [-0.2, -0.15) is 5.10 Å². The van der Waals surface area contributed by atoms with Crippen molar-refractivity contribution in [3.63, 3.8) is 0 Å². The zero-order chi connectivity index (χ0) is 26.4. The van der Waals surface area contributed by atoms with Crippen LogP contribution in [0.5, 0.6) is 5.75 Å². The van der Waals surface area contributed by atoms with E-state index in [-0.39, 0.29) is 17.7 Å². The van der Waals surface area contributed by atoms with Crippen LogP contribution >= 0.6 is 0 Å². The second kappa shape index (κ2) is 9.76. The molecule has 2 atom stereocenters. The Morgan fingerprint density at radius 2 is 1.89 bits per heavy atom. The highest BCUT2D eigenvalue weighted by Crippen LogP contribution is 2.49. The fraction of sp³-hybridized carbons (Fsp3) is 0.367. The van der Waals surface area contributed by atoms with Crippen molar-refractivity contribution in [1.29, 1.82) is 0 Å². The third kappa shape index (κ3) is 4.49. The average molecular weight is 511 g/mol. The van der Waals surface area contributed by atoms with Gasteiger partial charge < -0.3 is 19.4 Å². The molecule has 2 aromatic heterocycles. The highest BCUT2D eigenvalue weighted by molar-refractivity contribution is 5.98. The molecule has 0 unspecified atom stereocenters. The fourth-order valence-electron chi connectivity index (χ4n) is 5.57. The zero-order valence-corrected chi connectivity index (χ0v) is 22.4. The van der Waals surface area contributed by atoms with E-state index >= 15 is 0 Å². The first-order chi connectivity index (χ1) is 18.4. The molecule has 4 aromatic rings. The van der Waals surface area contributed by atoms with E-state index in [4.69, 9.17) is 9.72 Å². The Labute approximate surface area is 223 Å². The summed E-state index contributed by atoms with van der Waals surface area (Å²) in [6, 6.07) is 16.4. The van der Waals surface area contributed by atoms with Crippen molar-refractivity contribution in [3.05, 3.63) is 65.9 Å². The number of pyridine rings is 1. The van der Waals surface area contributed by atoms with Gasteiger partial charge in [0.1, 0.15) is 17.3 Å². The third-order valence-electron chi connectivity index (χ3n) is 8.07. The molecule has 1 aliphatic carbocycles. The first-order valence-electron chi connectivity index (χ1n) is 13.2. The Hall–Kier alpha value is -3.91. The Balaban J connectivity index is 1.16. The van der Waals surface area contributed by atoms with Gasteiger partial charge in [0.2, 0.25) is 5.91 Å². The number of nitrogens with zero attached hydrogens (tertiary/aromatic N) is 5. The molecule has 2 fully saturated rings. The molecule has 0 radical (unpaired) electrons. The Morgan fingerprint density at radius 3 is 2.61 bits per heavy atom. The molecule has 6 rings (SSSR count). The van der Waals surface area contributed by atoms with Crippen LogP contribution in [-0.2, 0) is 4.79 Å². The summed E-state index contributed by atoms with van der Waals surface area (Å²) in [5, 5.41) is 8.88. The number of aromatic nitrogens is 3. The summed E-state index contributed by atoms with van der Waals surface area (Å²) in [6.45, 7) is 6.11. The SMILES string of the molecule is COc1ccc(N(C)C(=O)[C@@H]2C[C@H]2c2ccc3c(-c4ccc(N5CCN(C)CC5)nc4)n[nH]c3c2)c(C)c1. The number of aryl methyl sites for hydroxylation is 1. The van der Waals surface area contributed by atoms with E-state index in [2.05, 4.69) is 57.4 Å². The van der Waals surface area contributed by atoms with Gasteiger partial charge in [0, 0.05) is 62.0 Å². The van der Waals surface area contributed by atoms with Crippen molar-refractivity contribution < 1.29 is 9.53 Å². The van der Waals surface area contributed by atoms with Crippen molar-refractivity contribution in [2.75, 3.05) is 57.2 Å². The van der Waals surface area contributed by atoms with Crippen LogP contribution in [0.15, 0.2) is 54.7 Å². The Morgan fingerprint density at radius 1 is 1.08 bits per heavy atom. The summed E-state index contributed by atoms with van der Waals surface area (Å²) in [4.78, 5) is 24.5. The minimum absolute atomic E-state index is 0.00679. The van der Waals surface area contributed by atoms with E-state index in [1.165, 1.54) is 5.56 Å². The smallest absolute Gasteiger partial charge is 0.230 e. The first-order valence-corrected chi connectivity index (χ1v) is 13.2. The van der Waals surface area contributed by atoms with Crippen molar-refractivity contribution in [2.45, 2.75) is 19.3 Å². The van der Waals surface area contributed by atoms with Gasteiger partial charge in [-0.15, -0.1) is 0 Å². The predicted molar refractivity (Wildman–Crippen MR) is 151 cm³/mol. The van der Waals surface area contributed by atoms with Gasteiger partial charge in [-0.1, -0.05) is 12.1 Å². The largest absolute Gasteiger partial charge is 0.497 e. The molecular weight excluding hydrogens is 476 g/mol. The molecule has 1 aliphatic heterocycles. The van der Waals surface area contributed by atoms with Crippen LogP contribution in [-0.4, -0.2) is 73.4 Å². The highest BCUT2D eigenvalue weighted by atomic mass is 16.5. The van der Waals surface area contributed by atoms with E-state index in [1.807, 2.05) is 38.4 Å². The minimum Gasteiger partial charge on any atom is -0.497 e. The first kappa shape index (κ1) is 24.4. The number of fused-ring (bicyclic) bond motifs is 1. The average Bonchev–Trinajstić information content (AvgIpc) is 3.64. The molecule has 8 heteroatoms. The number of rotatable bonds is 6. The van der Waals surface area contributed by atoms with Crippen LogP contribution in [0.1, 0.15) is 23.5 Å². The molecule has 1 amide bonds. The summed E-state index contributed by atoms with van der Waals surface area (Å²) in [6.07, 6.45) is 2.78. The van der Waals surface area contributed by atoms with Gasteiger partial charge >= 0.3 is 0 Å². The molecular formula is C30H34N6O2. The van der Waals surface area contributed by atoms with Gasteiger partial charge in [-0.25, -0.2) is 4.98 Å². The molecule has 2 aliphatic rings. The topological polar surface area (TPSA) is 77.6 Å². The second-order valence-electron chi connectivity index (χ2n) is 10.6. The number of hydrogen-bond acceptors (Lipinski definition) is 6. The van der Waals surface area contributed by atoms with Crippen LogP contribution in [0.3, 0.4) is 0 Å². The number of aromatic amines is 1. The number of hydrogen-bond donors (Lipinski definition) is 1. The number of amides is 1. The van der Waals surface area contributed by atoms with E-state index in [1.54, 1.807) is 12.0 Å². The quantitative estimate of drug-likeness (QED) is 0.413. The fourth-order valence-corrected chi connectivity index (χ4v) is 5.57. The summed E-state index contributed by atoms with van der Waals surface area (Å²) < 4.78 is 5.31. The number of H-pyrrole nitrogens is 1. The van der Waals surface area contributed by atoms with Crippen LogP contribution < -0.4 is 14.5 Å². The van der Waals surface area contributed by atoms with Crippen LogP contribution in [0.25, 0.3) is 22.2 Å². The third-order valence-corrected chi connectivity index (χ3v) is 8.07. The molecule has 3 heterocycles. The molecule has 0 spiro atoms. The molecule has 1 saturated carbocycles. The maximum atomic E-state index is 13.3. The summed E-state index contributed by atoms with van der Waals surface area (Å²) >= 11 is 0. The highest BCUT2D eigenvalue weighted by Gasteiger charge is 2.45. The number of carbonyl (C=O) groups is 1. The second-order valence-corrected chi connectivity index (χ2v) is 10.6. The summed E-state index contributed by atoms with van der Waals surface area (Å²) in [7, 11) is 5.67. The zero-order valence-electron chi connectivity index (χ0n) is 22.4. The van der Waals surface area contributed by atoms with E-state index < -0.39 is 0 Å². The van der Waals surface area contributed by atoms with E-state index in [0.717, 1.165) is 77.6 Å². The number of methoxy groups -OCH3 is 1. The normalized spacial score (nSPS) is 19.5. The molecule has 0 bridgehead atoms. The maximum absolute atomic E-state index is 13.3. The molecule has 1 saturated heterocycles. The predicted octanol–water partition coefficient (Wildman–Crippen LogP) is 4.46. The van der Waals surface area contributed by atoms with Gasteiger partial charge in [0.15, 0.2) is 0 Å². The van der Waals surface area contributed by atoms with Crippen LogP contribution in [0, 0.1) is 12.8 Å². The summed E-state index contributed by atoms with van der Waals surface area (Å²) in [5.41, 5.74) is 6.00. The number of likely N-dealkylation sites (N-methyl/N-ethyl adjacent to an activating group) is 1. The molecule has 8 nitrogen and oxygen atoms in total. The number of ether oxygens (including phenoxy) is 1. The van der Waals surface area contributed by atoms with Gasteiger partial charge in [-0.05, 0) is 73.8 Å². The number of benzene rings is 2. The standard InChI is InChI=1S/C30H34N6O2/c1-19-15-22(38-4)7-9-27(19)35(3)30(37)25-17-24(25)20-5-8-23-26(16-20)32-33-29(23)21-6-10-28(31-18-21)36-13-11-34(2)12-14-36/h5-10,15-16,18,24-25H,11-14,17H2,1-4H3,(H,32,33)/t24-,25+/m0/s1. The summed E-state index contributed by atoms with van der Waals surface area (Å²) in [5.74, 6) is 2.19. The van der Waals surface area contributed by atoms with Crippen molar-refractivity contribution in [3.8, 4) is 17.0 Å². The number of carbonyl (C=O) groups excluding carboxylic acids is 1. The lowest BCUT2D eigenvalue weighted by Crippen LogP contribution is -2.44. The lowest BCUT2D eigenvalue weighted by Gasteiger charge is -2.33. The van der Waals surface area contributed by atoms with Gasteiger partial charge in [-0.3, -0.25) is 9.89 Å². The van der Waals surface area contributed by atoms with Crippen molar-refractivity contribution in [2.24, 2.45) is 5.92 Å². The van der Waals surface area contributed by atoms with Crippen LogP contribution in [0.2, 0.25) is 0 Å². The number of piperazine rings is 1. The number of anilines is 2. The lowest BCUT2D eigenvalue weighted by molar-refractivity contribution is -0.119. The van der Waals surface area contributed by atoms with Gasteiger partial charge in [0.25, 0.3) is 0 Å². The van der Waals surface area contributed by atoms with E-state index in [0.29, 0.717) is 0 Å². The van der Waals surface area contributed by atoms with E-state index in [9.17, 15) is 4.79 Å². The Bertz CT molecular complexity index is 1470. The van der Waals surface area contributed by atoms with Crippen molar-refractivity contribution >= 4 is 28.3 Å². The van der Waals surface area contributed by atoms with Crippen molar-refractivity contribution in [1.82, 2.24) is 20.1 Å². The molecule has 1 N–H and O–H groups in total. The maximum Gasteiger partial charge on any atom is 0.230 e. The monoisotopic (exact) mass is 510 g/mol. The minimum atomic E-state index is -0.00679. The molecule has 38 heavy (non-hydrogen) atoms. The number of nitrogens with one attached hydrogen (secondary N) is 1. The molecule has 196 valence electrons. The lowest BCUT2D eigenvalue weighted by atomic mass is 10.0. The van der Waals surface area contributed by atoms with Gasteiger partial charge in [0.05, 0.1) is 12.6 Å². The molecule has 2 aromatic carbocycles. The van der Waals surface area contributed by atoms with Crippen LogP contribution in [0.4, 0.5) is 11.5 Å². The Kier molecular flexibility index (Phi) is 6.27.